The second-order valence-corrected chi connectivity index (χ2v) is 13.3. The lowest BCUT2D eigenvalue weighted by atomic mass is 10.0. The quantitative estimate of drug-likeness (QED) is 0.198. The van der Waals surface area contributed by atoms with E-state index in [0.29, 0.717) is 10.6 Å². The van der Waals surface area contributed by atoms with Crippen LogP contribution in [0, 0.1) is 13.8 Å². The third kappa shape index (κ3) is 7.87. The Labute approximate surface area is 265 Å². The van der Waals surface area contributed by atoms with Gasteiger partial charge in [-0.05, 0) is 74.2 Å². The van der Waals surface area contributed by atoms with Crippen molar-refractivity contribution >= 4 is 39.1 Å². The van der Waals surface area contributed by atoms with Crippen molar-refractivity contribution in [1.29, 1.82) is 0 Å². The van der Waals surface area contributed by atoms with Crippen molar-refractivity contribution in [2.24, 2.45) is 0 Å². The molecule has 0 saturated heterocycles. The Kier molecular flexibility index (Phi) is 10.8. The van der Waals surface area contributed by atoms with E-state index in [1.807, 2.05) is 75.4 Å². The Bertz CT molecular complexity index is 1700. The Morgan fingerprint density at radius 2 is 1.43 bits per heavy atom. The summed E-state index contributed by atoms with van der Waals surface area (Å²) in [7, 11) is -4.20. The zero-order chi connectivity index (χ0) is 31.9. The summed E-state index contributed by atoms with van der Waals surface area (Å²) in [5.41, 5.74) is 3.49. The number of nitrogens with one attached hydrogen (secondary N) is 1. The molecule has 0 aromatic heterocycles. The molecule has 0 fully saturated rings. The van der Waals surface area contributed by atoms with Crippen LogP contribution in [-0.4, -0.2) is 43.8 Å². The van der Waals surface area contributed by atoms with Crippen LogP contribution in [0.25, 0.3) is 0 Å². The topological polar surface area (TPSA) is 86.8 Å². The molecule has 0 aliphatic carbocycles. The zero-order valence-corrected chi connectivity index (χ0v) is 27.0. The molecule has 44 heavy (non-hydrogen) atoms. The van der Waals surface area contributed by atoms with Gasteiger partial charge in [0.15, 0.2) is 0 Å². The number of hydrogen-bond donors (Lipinski definition) is 1. The molecule has 7 nitrogen and oxygen atoms in total. The number of amides is 2. The Morgan fingerprint density at radius 1 is 0.818 bits per heavy atom. The summed E-state index contributed by atoms with van der Waals surface area (Å²) in [5.74, 6) is -0.839. The van der Waals surface area contributed by atoms with Crippen LogP contribution in [0.15, 0.2) is 108 Å². The molecule has 4 aromatic carbocycles. The molecule has 0 spiro atoms. The van der Waals surface area contributed by atoms with Crippen molar-refractivity contribution < 1.29 is 18.0 Å². The number of hydrogen-bond acceptors (Lipinski definition) is 4. The molecule has 230 valence electrons. The minimum absolute atomic E-state index is 0.0380. The van der Waals surface area contributed by atoms with Crippen LogP contribution in [0.2, 0.25) is 5.02 Å². The van der Waals surface area contributed by atoms with Gasteiger partial charge in [-0.3, -0.25) is 13.9 Å². The second-order valence-electron chi connectivity index (χ2n) is 11.0. The van der Waals surface area contributed by atoms with Crippen LogP contribution in [0.3, 0.4) is 0 Å². The van der Waals surface area contributed by atoms with Crippen LogP contribution in [-0.2, 0) is 32.6 Å². The van der Waals surface area contributed by atoms with Crippen molar-refractivity contribution in [1.82, 2.24) is 10.2 Å². The zero-order valence-electron chi connectivity index (χ0n) is 25.4. The first kappa shape index (κ1) is 32.8. The molecule has 0 bridgehead atoms. The maximum atomic E-state index is 14.5. The van der Waals surface area contributed by atoms with E-state index < -0.39 is 28.5 Å². The highest BCUT2D eigenvalue weighted by molar-refractivity contribution is 7.92. The molecule has 4 rings (SSSR count). The number of carbonyl (C=O) groups is 2. The smallest absolute Gasteiger partial charge is 0.264 e. The van der Waals surface area contributed by atoms with Gasteiger partial charge in [-0.1, -0.05) is 90.5 Å². The predicted molar refractivity (Wildman–Crippen MR) is 176 cm³/mol. The lowest BCUT2D eigenvalue weighted by Gasteiger charge is -2.34. The standard InChI is InChI=1S/C35H38ClN3O4S/c1-25(2)37-35(41)33(22-28-15-7-5-8-16-28)38(23-29-17-12-11-14-26(29)3)34(40)24-39(32-21-13-20-31(36)27(32)4)44(42,43)30-18-9-6-10-19-30/h5-21,25,33H,22-24H2,1-4H3,(H,37,41)/t33-/m0/s1. The lowest BCUT2D eigenvalue weighted by molar-refractivity contribution is -0.140. The van der Waals surface area contributed by atoms with Crippen LogP contribution < -0.4 is 9.62 Å². The summed E-state index contributed by atoms with van der Waals surface area (Å²) in [5, 5.41) is 3.35. The van der Waals surface area contributed by atoms with Gasteiger partial charge in [0.1, 0.15) is 12.6 Å². The molecular weight excluding hydrogens is 594 g/mol. The van der Waals surface area contributed by atoms with Crippen LogP contribution >= 0.6 is 11.6 Å². The van der Waals surface area contributed by atoms with Crippen molar-refractivity contribution in [2.75, 3.05) is 10.8 Å². The summed E-state index contributed by atoms with van der Waals surface area (Å²) >= 11 is 6.44. The predicted octanol–water partition coefficient (Wildman–Crippen LogP) is 6.32. The number of halogens is 1. The van der Waals surface area contributed by atoms with Gasteiger partial charge in [0.05, 0.1) is 10.6 Å². The first-order valence-corrected chi connectivity index (χ1v) is 16.3. The van der Waals surface area contributed by atoms with Crippen molar-refractivity contribution in [3.63, 3.8) is 0 Å². The van der Waals surface area contributed by atoms with Gasteiger partial charge in [0, 0.05) is 24.0 Å². The monoisotopic (exact) mass is 631 g/mol. The van der Waals surface area contributed by atoms with E-state index in [4.69, 9.17) is 11.6 Å². The third-order valence-corrected chi connectivity index (χ3v) is 9.61. The summed E-state index contributed by atoms with van der Waals surface area (Å²) in [4.78, 5) is 29.9. The van der Waals surface area contributed by atoms with Gasteiger partial charge in [-0.25, -0.2) is 8.42 Å². The van der Waals surface area contributed by atoms with Gasteiger partial charge in [-0.2, -0.15) is 0 Å². The number of benzene rings is 4. The summed E-state index contributed by atoms with van der Waals surface area (Å²) in [6.07, 6.45) is 0.249. The van der Waals surface area contributed by atoms with Crippen LogP contribution in [0.4, 0.5) is 5.69 Å². The highest BCUT2D eigenvalue weighted by atomic mass is 35.5. The van der Waals surface area contributed by atoms with E-state index in [9.17, 15) is 18.0 Å². The highest BCUT2D eigenvalue weighted by Gasteiger charge is 2.35. The number of nitrogens with zero attached hydrogens (tertiary/aromatic N) is 2. The second kappa shape index (κ2) is 14.6. The molecule has 1 atom stereocenters. The van der Waals surface area contributed by atoms with Crippen LogP contribution in [0.1, 0.15) is 36.1 Å². The Hall–Kier alpha value is -4.14. The highest BCUT2D eigenvalue weighted by Crippen LogP contribution is 2.31. The number of carbonyl (C=O) groups excluding carboxylic acids is 2. The maximum Gasteiger partial charge on any atom is 0.264 e. The van der Waals surface area contributed by atoms with Gasteiger partial charge >= 0.3 is 0 Å². The molecule has 0 unspecified atom stereocenters. The Morgan fingerprint density at radius 3 is 2.07 bits per heavy atom. The van der Waals surface area contributed by atoms with Crippen molar-refractivity contribution in [2.45, 2.75) is 57.6 Å². The molecule has 9 heteroatoms. The number of aryl methyl sites for hydroxylation is 1. The average Bonchev–Trinajstić information content (AvgIpc) is 3.00. The van der Waals surface area contributed by atoms with Gasteiger partial charge in [0.2, 0.25) is 11.8 Å². The van der Waals surface area contributed by atoms with E-state index in [-0.39, 0.29) is 35.5 Å². The lowest BCUT2D eigenvalue weighted by Crippen LogP contribution is -2.54. The fourth-order valence-corrected chi connectivity index (χ4v) is 6.67. The van der Waals surface area contributed by atoms with E-state index in [0.717, 1.165) is 21.0 Å². The summed E-state index contributed by atoms with van der Waals surface area (Å²) in [6.45, 7) is 6.96. The number of sulfonamides is 1. The van der Waals surface area contributed by atoms with E-state index in [1.165, 1.54) is 17.0 Å². The minimum Gasteiger partial charge on any atom is -0.352 e. The first-order valence-electron chi connectivity index (χ1n) is 14.5. The normalized spacial score (nSPS) is 12.0. The van der Waals surface area contributed by atoms with Crippen LogP contribution in [0.5, 0.6) is 0 Å². The molecule has 0 aliphatic rings. The van der Waals surface area contributed by atoms with E-state index in [1.54, 1.807) is 43.3 Å². The summed E-state index contributed by atoms with van der Waals surface area (Å²) < 4.78 is 29.4. The molecule has 0 saturated carbocycles. The SMILES string of the molecule is Cc1ccccc1CN(C(=O)CN(c1cccc(Cl)c1C)S(=O)(=O)c1ccccc1)[C@@H](Cc1ccccc1)C(=O)NC(C)C. The van der Waals surface area contributed by atoms with Crippen molar-refractivity contribution in [3.8, 4) is 0 Å². The first-order chi connectivity index (χ1) is 21.0. The molecule has 0 heterocycles. The third-order valence-electron chi connectivity index (χ3n) is 7.42. The molecule has 0 radical (unpaired) electrons. The average molecular weight is 632 g/mol. The Balaban J connectivity index is 1.84. The summed E-state index contributed by atoms with van der Waals surface area (Å²) in [6, 6.07) is 29.0. The number of anilines is 1. The largest absolute Gasteiger partial charge is 0.352 e. The molecular formula is C35H38ClN3O4S. The molecule has 1 N–H and O–H groups in total. The molecule has 4 aromatic rings. The molecule has 2 amide bonds. The van der Waals surface area contributed by atoms with E-state index in [2.05, 4.69) is 5.32 Å². The molecule has 0 aliphatic heterocycles. The van der Waals surface area contributed by atoms with Gasteiger partial charge in [0.25, 0.3) is 10.0 Å². The van der Waals surface area contributed by atoms with Crippen molar-refractivity contribution in [3.05, 3.63) is 130 Å². The van der Waals surface area contributed by atoms with Gasteiger partial charge < -0.3 is 10.2 Å². The minimum atomic E-state index is -4.20. The maximum absolute atomic E-state index is 14.5. The fourth-order valence-electron chi connectivity index (χ4n) is 5.00. The number of rotatable bonds is 12. The van der Waals surface area contributed by atoms with Gasteiger partial charge in [-0.15, -0.1) is 0 Å². The fraction of sp³-hybridized carbons (Fsp3) is 0.257. The van der Waals surface area contributed by atoms with E-state index >= 15 is 0 Å².